The van der Waals surface area contributed by atoms with Gasteiger partial charge in [-0.25, -0.2) is 0 Å². The molecule has 2 aromatic rings. The van der Waals surface area contributed by atoms with E-state index in [0.717, 1.165) is 35.9 Å². The van der Waals surface area contributed by atoms with Gasteiger partial charge in [0.15, 0.2) is 11.5 Å². The topological polar surface area (TPSA) is 70.8 Å². The van der Waals surface area contributed by atoms with Gasteiger partial charge in [-0.15, -0.1) is 0 Å². The number of hydrogen-bond acceptors (Lipinski definition) is 4. The summed E-state index contributed by atoms with van der Waals surface area (Å²) in [6, 6.07) is 7.63. The van der Waals surface area contributed by atoms with Crippen LogP contribution in [0.3, 0.4) is 0 Å². The number of carbonyl (C=O) groups is 2. The van der Waals surface area contributed by atoms with Gasteiger partial charge in [0.25, 0.3) is 0 Å². The molecule has 0 bridgehead atoms. The molecule has 0 amide bonds. The van der Waals surface area contributed by atoms with Crippen LogP contribution in [-0.4, -0.2) is 41.4 Å². The van der Waals surface area contributed by atoms with Crippen molar-refractivity contribution >= 4 is 22.7 Å². The number of piperidine rings is 1. The summed E-state index contributed by atoms with van der Waals surface area (Å²) in [4.78, 5) is 25.6. The molecule has 5 nitrogen and oxygen atoms in total. The van der Waals surface area contributed by atoms with Crippen LogP contribution in [0.5, 0.6) is 0 Å². The maximum Gasteiger partial charge on any atom is 0.307 e. The first-order valence-corrected chi connectivity index (χ1v) is 8.02. The highest BCUT2D eigenvalue weighted by atomic mass is 16.4. The Labute approximate surface area is 134 Å². The molecule has 1 aromatic heterocycles. The highest BCUT2D eigenvalue weighted by Crippen LogP contribution is 2.26. The number of rotatable bonds is 5. The second-order valence-electron chi connectivity index (χ2n) is 6.20. The van der Waals surface area contributed by atoms with Crippen LogP contribution in [0.1, 0.15) is 35.4 Å². The highest BCUT2D eigenvalue weighted by Gasteiger charge is 2.26. The van der Waals surface area contributed by atoms with E-state index in [-0.39, 0.29) is 11.7 Å². The van der Waals surface area contributed by atoms with Gasteiger partial charge in [-0.05, 0) is 32.4 Å². The van der Waals surface area contributed by atoms with E-state index in [1.165, 1.54) is 0 Å². The van der Waals surface area contributed by atoms with Crippen molar-refractivity contribution < 1.29 is 19.1 Å². The van der Waals surface area contributed by atoms with E-state index in [2.05, 4.69) is 4.90 Å². The van der Waals surface area contributed by atoms with Crippen molar-refractivity contribution in [3.63, 3.8) is 0 Å². The summed E-state index contributed by atoms with van der Waals surface area (Å²) in [6.45, 7) is 3.87. The molecule has 1 aromatic carbocycles. The molecule has 0 aliphatic carbocycles. The number of Topliss-reactive ketones (excluding diaryl/α,β-unsaturated/α-hetero) is 1. The number of likely N-dealkylation sites (tertiary alicyclic amines) is 1. The number of ketones is 1. The SMILES string of the molecule is Cc1c(C(=O)CCN2CCCC(C(=O)O)C2)oc2ccccc12. The number of hydrogen-bond donors (Lipinski definition) is 1. The van der Waals surface area contributed by atoms with Crippen molar-refractivity contribution in [2.45, 2.75) is 26.2 Å². The Bertz CT molecular complexity index is 734. The second kappa shape index (κ2) is 6.54. The number of carbonyl (C=O) groups excluding carboxylic acids is 1. The molecule has 3 rings (SSSR count). The Kier molecular flexibility index (Phi) is 4.48. The average Bonchev–Trinajstić information content (AvgIpc) is 2.90. The molecule has 0 radical (unpaired) electrons. The molecule has 1 aliphatic heterocycles. The van der Waals surface area contributed by atoms with Gasteiger partial charge >= 0.3 is 5.97 Å². The van der Waals surface area contributed by atoms with Crippen molar-refractivity contribution in [1.82, 2.24) is 4.90 Å². The molecule has 1 aliphatic rings. The number of benzene rings is 1. The standard InChI is InChI=1S/C18H21NO4/c1-12-14-6-2-3-7-16(14)23-17(12)15(20)8-10-19-9-4-5-13(11-19)18(21)22/h2-3,6-7,13H,4-5,8-11H2,1H3,(H,21,22). The lowest BCUT2D eigenvalue weighted by molar-refractivity contribution is -0.143. The monoisotopic (exact) mass is 315 g/mol. The second-order valence-corrected chi connectivity index (χ2v) is 6.20. The minimum Gasteiger partial charge on any atom is -0.481 e. The zero-order valence-corrected chi connectivity index (χ0v) is 13.2. The van der Waals surface area contributed by atoms with Crippen molar-refractivity contribution in [3.8, 4) is 0 Å². The highest BCUT2D eigenvalue weighted by molar-refractivity contribution is 6.00. The lowest BCUT2D eigenvalue weighted by Gasteiger charge is -2.30. The average molecular weight is 315 g/mol. The van der Waals surface area contributed by atoms with Gasteiger partial charge in [-0.3, -0.25) is 9.59 Å². The van der Waals surface area contributed by atoms with Crippen LogP contribution >= 0.6 is 0 Å². The van der Waals surface area contributed by atoms with E-state index in [0.29, 0.717) is 25.3 Å². The molecule has 1 atom stereocenters. The number of furan rings is 1. The van der Waals surface area contributed by atoms with E-state index in [9.17, 15) is 9.59 Å². The van der Waals surface area contributed by atoms with Gasteiger partial charge < -0.3 is 14.4 Å². The number of carboxylic acids is 1. The summed E-state index contributed by atoms with van der Waals surface area (Å²) in [7, 11) is 0. The van der Waals surface area contributed by atoms with Crippen LogP contribution in [0.4, 0.5) is 0 Å². The predicted octanol–water partition coefficient (Wildman–Crippen LogP) is 3.11. The summed E-state index contributed by atoms with van der Waals surface area (Å²) >= 11 is 0. The molecular weight excluding hydrogens is 294 g/mol. The third-order valence-corrected chi connectivity index (χ3v) is 4.61. The van der Waals surface area contributed by atoms with Crippen molar-refractivity contribution in [2.75, 3.05) is 19.6 Å². The minimum absolute atomic E-state index is 0.0175. The smallest absolute Gasteiger partial charge is 0.307 e. The van der Waals surface area contributed by atoms with Crippen molar-refractivity contribution in [3.05, 3.63) is 35.6 Å². The summed E-state index contributed by atoms with van der Waals surface area (Å²) in [5, 5.41) is 10.1. The maximum absolute atomic E-state index is 12.5. The van der Waals surface area contributed by atoms with E-state index >= 15 is 0 Å². The van der Waals surface area contributed by atoms with Gasteiger partial charge in [-0.1, -0.05) is 18.2 Å². The predicted molar refractivity (Wildman–Crippen MR) is 86.7 cm³/mol. The Balaban J connectivity index is 1.64. The van der Waals surface area contributed by atoms with Gasteiger partial charge in [0, 0.05) is 30.5 Å². The lowest BCUT2D eigenvalue weighted by atomic mass is 9.98. The summed E-state index contributed by atoms with van der Waals surface area (Å²) < 4.78 is 5.70. The molecule has 1 saturated heterocycles. The van der Waals surface area contributed by atoms with Crippen LogP contribution < -0.4 is 0 Å². The van der Waals surface area contributed by atoms with Crippen LogP contribution in [0.15, 0.2) is 28.7 Å². The molecule has 0 saturated carbocycles. The van der Waals surface area contributed by atoms with Crippen molar-refractivity contribution in [2.24, 2.45) is 5.92 Å². The molecule has 1 fully saturated rings. The fourth-order valence-corrected chi connectivity index (χ4v) is 3.27. The zero-order valence-electron chi connectivity index (χ0n) is 13.2. The first-order chi connectivity index (χ1) is 11.1. The fourth-order valence-electron chi connectivity index (χ4n) is 3.27. The van der Waals surface area contributed by atoms with E-state index in [1.54, 1.807) is 0 Å². The third kappa shape index (κ3) is 3.29. The Morgan fingerprint density at radius 2 is 2.13 bits per heavy atom. The van der Waals surface area contributed by atoms with E-state index < -0.39 is 5.97 Å². The molecule has 23 heavy (non-hydrogen) atoms. The first-order valence-electron chi connectivity index (χ1n) is 8.02. The van der Waals surface area contributed by atoms with Crippen LogP contribution in [0, 0.1) is 12.8 Å². The summed E-state index contributed by atoms with van der Waals surface area (Å²) in [6.07, 6.45) is 1.95. The Morgan fingerprint density at radius 1 is 1.35 bits per heavy atom. The maximum atomic E-state index is 12.5. The number of carboxylic acid groups (broad SMARTS) is 1. The first kappa shape index (κ1) is 15.7. The largest absolute Gasteiger partial charge is 0.481 e. The van der Waals surface area contributed by atoms with Gasteiger partial charge in [0.1, 0.15) is 5.58 Å². The number of aliphatic carboxylic acids is 1. The summed E-state index contributed by atoms with van der Waals surface area (Å²) in [5.74, 6) is -0.643. The number of nitrogens with zero attached hydrogens (tertiary/aromatic N) is 1. The number of para-hydroxylation sites is 1. The van der Waals surface area contributed by atoms with E-state index in [4.69, 9.17) is 9.52 Å². The molecule has 0 spiro atoms. The number of aryl methyl sites for hydroxylation is 1. The van der Waals surface area contributed by atoms with Crippen LogP contribution in [0.2, 0.25) is 0 Å². The Morgan fingerprint density at radius 3 is 2.87 bits per heavy atom. The molecule has 2 heterocycles. The van der Waals surface area contributed by atoms with E-state index in [1.807, 2.05) is 31.2 Å². The lowest BCUT2D eigenvalue weighted by Crippen LogP contribution is -2.39. The zero-order chi connectivity index (χ0) is 16.4. The Hall–Kier alpha value is -2.14. The van der Waals surface area contributed by atoms with Gasteiger partial charge in [0.2, 0.25) is 0 Å². The third-order valence-electron chi connectivity index (χ3n) is 4.61. The van der Waals surface area contributed by atoms with Crippen molar-refractivity contribution in [1.29, 1.82) is 0 Å². The number of fused-ring (bicyclic) bond motifs is 1. The van der Waals surface area contributed by atoms with Gasteiger partial charge in [-0.2, -0.15) is 0 Å². The fraction of sp³-hybridized carbons (Fsp3) is 0.444. The molecule has 1 N–H and O–H groups in total. The molecule has 1 unspecified atom stereocenters. The normalized spacial score (nSPS) is 19.1. The summed E-state index contributed by atoms with van der Waals surface area (Å²) in [5.41, 5.74) is 1.62. The molecule has 5 heteroatoms. The minimum atomic E-state index is -0.742. The van der Waals surface area contributed by atoms with Crippen LogP contribution in [0.25, 0.3) is 11.0 Å². The van der Waals surface area contributed by atoms with Gasteiger partial charge in [0.05, 0.1) is 5.92 Å². The van der Waals surface area contributed by atoms with Crippen LogP contribution in [-0.2, 0) is 4.79 Å². The molecule has 122 valence electrons. The molecular formula is C18H21NO4. The quantitative estimate of drug-likeness (QED) is 0.858.